The number of aliphatic hydroxyl groups is 1. The van der Waals surface area contributed by atoms with Gasteiger partial charge in [0.15, 0.2) is 0 Å². The molecule has 0 radical (unpaired) electrons. The first-order valence-corrected chi connectivity index (χ1v) is 9.55. The van der Waals surface area contributed by atoms with Crippen molar-refractivity contribution >= 4 is 29.1 Å². The number of phenols is 1. The summed E-state index contributed by atoms with van der Waals surface area (Å²) >= 11 is 5.92. The van der Waals surface area contributed by atoms with E-state index in [1.807, 2.05) is 0 Å². The van der Waals surface area contributed by atoms with Crippen molar-refractivity contribution in [1.82, 2.24) is 9.88 Å². The lowest BCUT2D eigenvalue weighted by Crippen LogP contribution is -2.29. The molecule has 1 atom stereocenters. The number of phenolic OH excluding ortho intramolecular Hbond substituents is 1. The number of hydrogen-bond donors (Lipinski definition) is 2. The number of aromatic hydroxyl groups is 1. The molecule has 1 fully saturated rings. The molecule has 2 heterocycles. The van der Waals surface area contributed by atoms with Crippen molar-refractivity contribution in [2.45, 2.75) is 12.6 Å². The first-order chi connectivity index (χ1) is 14.5. The molecule has 7 heteroatoms. The summed E-state index contributed by atoms with van der Waals surface area (Å²) in [7, 11) is 0. The van der Waals surface area contributed by atoms with Crippen molar-refractivity contribution in [3.05, 3.63) is 100 Å². The molecule has 6 nitrogen and oxygen atoms in total. The molecule has 0 aliphatic carbocycles. The number of aliphatic hydroxyl groups excluding tert-OH is 1. The monoisotopic (exact) mass is 420 g/mol. The zero-order chi connectivity index (χ0) is 21.3. The van der Waals surface area contributed by atoms with Gasteiger partial charge in [0.1, 0.15) is 11.5 Å². The molecule has 1 amide bonds. The van der Waals surface area contributed by atoms with Crippen LogP contribution in [-0.4, -0.2) is 31.8 Å². The Hall–Kier alpha value is -3.64. The number of benzene rings is 2. The van der Waals surface area contributed by atoms with E-state index >= 15 is 0 Å². The highest BCUT2D eigenvalue weighted by Gasteiger charge is 2.46. The van der Waals surface area contributed by atoms with E-state index in [0.717, 1.165) is 5.56 Å². The highest BCUT2D eigenvalue weighted by molar-refractivity contribution is 6.46. The van der Waals surface area contributed by atoms with Crippen molar-refractivity contribution in [1.29, 1.82) is 0 Å². The average Bonchev–Trinajstić information content (AvgIpc) is 3.00. The van der Waals surface area contributed by atoms with Crippen molar-refractivity contribution in [3.8, 4) is 5.75 Å². The number of aromatic nitrogens is 1. The first kappa shape index (κ1) is 19.7. The number of likely N-dealkylation sites (tertiary alicyclic amines) is 1. The van der Waals surface area contributed by atoms with Gasteiger partial charge in [0.25, 0.3) is 11.7 Å². The number of nitrogens with zero attached hydrogens (tertiary/aromatic N) is 2. The van der Waals surface area contributed by atoms with Crippen LogP contribution in [-0.2, 0) is 16.1 Å². The number of amides is 1. The van der Waals surface area contributed by atoms with Gasteiger partial charge in [-0.25, -0.2) is 0 Å². The number of Topliss-reactive ketones (excluding diaryl/α,β-unsaturated/α-hetero) is 1. The molecule has 4 rings (SSSR count). The predicted octanol–water partition coefficient (Wildman–Crippen LogP) is 4.06. The highest BCUT2D eigenvalue weighted by atomic mass is 35.5. The molecule has 2 aromatic carbocycles. The molecule has 0 bridgehead atoms. The van der Waals surface area contributed by atoms with E-state index in [4.69, 9.17) is 11.6 Å². The van der Waals surface area contributed by atoms with E-state index in [0.29, 0.717) is 16.1 Å². The Labute approximate surface area is 177 Å². The zero-order valence-corrected chi connectivity index (χ0v) is 16.5. The first-order valence-electron chi connectivity index (χ1n) is 9.18. The van der Waals surface area contributed by atoms with Gasteiger partial charge < -0.3 is 15.1 Å². The maximum Gasteiger partial charge on any atom is 0.295 e. The second-order valence-electron chi connectivity index (χ2n) is 6.89. The third-order valence-electron chi connectivity index (χ3n) is 4.94. The fraction of sp³-hybridized carbons (Fsp3) is 0.0870. The lowest BCUT2D eigenvalue weighted by Gasteiger charge is -2.25. The molecular formula is C23H17ClN2O4. The van der Waals surface area contributed by atoms with Crippen molar-refractivity contribution < 1.29 is 19.8 Å². The fourth-order valence-corrected chi connectivity index (χ4v) is 3.62. The Morgan fingerprint density at radius 1 is 1.03 bits per heavy atom. The predicted molar refractivity (Wildman–Crippen MR) is 112 cm³/mol. The van der Waals surface area contributed by atoms with E-state index < -0.39 is 17.7 Å². The number of ketones is 1. The molecule has 0 unspecified atom stereocenters. The van der Waals surface area contributed by atoms with Gasteiger partial charge in [0, 0.05) is 29.5 Å². The minimum Gasteiger partial charge on any atom is -0.508 e. The molecule has 30 heavy (non-hydrogen) atoms. The minimum atomic E-state index is -0.818. The Kier molecular flexibility index (Phi) is 5.25. The normalized spacial score (nSPS) is 18.0. The van der Waals surface area contributed by atoms with Crippen LogP contribution in [0, 0.1) is 0 Å². The van der Waals surface area contributed by atoms with E-state index in [1.165, 1.54) is 17.0 Å². The molecular weight excluding hydrogens is 404 g/mol. The number of hydrogen-bond acceptors (Lipinski definition) is 5. The Morgan fingerprint density at radius 3 is 2.37 bits per heavy atom. The molecule has 1 aromatic heterocycles. The molecule has 2 N–H and O–H groups in total. The maximum absolute atomic E-state index is 12.9. The Morgan fingerprint density at radius 2 is 1.73 bits per heavy atom. The average molecular weight is 421 g/mol. The van der Waals surface area contributed by atoms with E-state index in [2.05, 4.69) is 4.98 Å². The summed E-state index contributed by atoms with van der Waals surface area (Å²) in [6.45, 7) is 0.140. The van der Waals surface area contributed by atoms with Crippen LogP contribution in [0.1, 0.15) is 22.7 Å². The van der Waals surface area contributed by atoms with Crippen LogP contribution >= 0.6 is 11.6 Å². The van der Waals surface area contributed by atoms with Crippen molar-refractivity contribution in [2.75, 3.05) is 0 Å². The molecule has 0 saturated carbocycles. The van der Waals surface area contributed by atoms with Gasteiger partial charge in [-0.15, -0.1) is 0 Å². The van der Waals surface area contributed by atoms with E-state index in [-0.39, 0.29) is 23.6 Å². The van der Waals surface area contributed by atoms with E-state index in [9.17, 15) is 19.8 Å². The molecule has 3 aromatic rings. The third-order valence-corrected chi connectivity index (χ3v) is 5.19. The summed E-state index contributed by atoms with van der Waals surface area (Å²) in [5, 5.41) is 21.1. The SMILES string of the molecule is O=C1C(=O)N(Cc2cccnc2)[C@H](c2ccc(O)cc2)/C1=C(\O)c1ccc(Cl)cc1. The van der Waals surface area contributed by atoms with Gasteiger partial charge in [-0.1, -0.05) is 29.8 Å². The van der Waals surface area contributed by atoms with Crippen LogP contribution in [0.3, 0.4) is 0 Å². The van der Waals surface area contributed by atoms with Gasteiger partial charge in [-0.2, -0.15) is 0 Å². The van der Waals surface area contributed by atoms with Gasteiger partial charge >= 0.3 is 0 Å². The Balaban J connectivity index is 1.85. The molecule has 1 aliphatic heterocycles. The van der Waals surface area contributed by atoms with Crippen LogP contribution in [0.2, 0.25) is 5.02 Å². The van der Waals surface area contributed by atoms with Gasteiger partial charge in [-0.05, 0) is 53.6 Å². The zero-order valence-electron chi connectivity index (χ0n) is 15.7. The topological polar surface area (TPSA) is 90.7 Å². The van der Waals surface area contributed by atoms with Gasteiger partial charge in [-0.3, -0.25) is 14.6 Å². The quantitative estimate of drug-likeness (QED) is 0.377. The summed E-state index contributed by atoms with van der Waals surface area (Å²) in [6, 6.07) is 15.3. The second-order valence-corrected chi connectivity index (χ2v) is 7.32. The summed E-state index contributed by atoms with van der Waals surface area (Å²) in [5.41, 5.74) is 1.69. The summed E-state index contributed by atoms with van der Waals surface area (Å²) < 4.78 is 0. The lowest BCUT2D eigenvalue weighted by atomic mass is 9.95. The second kappa shape index (κ2) is 8.00. The van der Waals surface area contributed by atoms with Crippen LogP contribution in [0.5, 0.6) is 5.75 Å². The lowest BCUT2D eigenvalue weighted by molar-refractivity contribution is -0.140. The van der Waals surface area contributed by atoms with Crippen molar-refractivity contribution in [2.24, 2.45) is 0 Å². The van der Waals surface area contributed by atoms with Crippen molar-refractivity contribution in [3.63, 3.8) is 0 Å². The van der Waals surface area contributed by atoms with Crippen LogP contribution < -0.4 is 0 Å². The van der Waals surface area contributed by atoms with E-state index in [1.54, 1.807) is 60.9 Å². The molecule has 0 spiro atoms. The highest BCUT2D eigenvalue weighted by Crippen LogP contribution is 2.40. The minimum absolute atomic E-state index is 0.0168. The van der Waals surface area contributed by atoms with Crippen LogP contribution in [0.4, 0.5) is 0 Å². The molecule has 1 saturated heterocycles. The number of halogens is 1. The van der Waals surface area contributed by atoms with Gasteiger partial charge in [0.05, 0.1) is 11.6 Å². The largest absolute Gasteiger partial charge is 0.508 e. The van der Waals surface area contributed by atoms with Gasteiger partial charge in [0.2, 0.25) is 0 Å². The van der Waals surface area contributed by atoms with Crippen LogP contribution in [0.25, 0.3) is 5.76 Å². The third kappa shape index (κ3) is 3.65. The number of pyridine rings is 1. The summed E-state index contributed by atoms with van der Waals surface area (Å²) in [6.07, 6.45) is 3.24. The smallest absolute Gasteiger partial charge is 0.295 e. The Bertz CT molecular complexity index is 1130. The fourth-order valence-electron chi connectivity index (χ4n) is 3.50. The summed E-state index contributed by atoms with van der Waals surface area (Å²) in [5.74, 6) is -1.71. The number of rotatable bonds is 4. The number of carbonyl (C=O) groups excluding carboxylic acids is 2. The summed E-state index contributed by atoms with van der Waals surface area (Å²) in [4.78, 5) is 31.3. The molecule has 1 aliphatic rings. The van der Waals surface area contributed by atoms with Crippen LogP contribution in [0.15, 0.2) is 78.6 Å². The number of carbonyl (C=O) groups is 2. The maximum atomic E-state index is 12.9. The standard InChI is InChI=1S/C23H17ClN2O4/c24-17-7-3-16(4-8-17)21(28)19-20(15-5-9-18(27)10-6-15)26(23(30)22(19)29)13-14-2-1-11-25-12-14/h1-12,20,27-28H,13H2/b21-19+/t20-/m1/s1. The molecule has 150 valence electrons.